The molecule has 9 heteroatoms. The van der Waals surface area contributed by atoms with Crippen LogP contribution in [-0.2, 0) is 4.79 Å². The first-order valence-electron chi connectivity index (χ1n) is 11.3. The van der Waals surface area contributed by atoms with Crippen LogP contribution in [0, 0.1) is 0 Å². The summed E-state index contributed by atoms with van der Waals surface area (Å²) in [5.74, 6) is 1.55. The maximum absolute atomic E-state index is 12.4. The Labute approximate surface area is 196 Å². The summed E-state index contributed by atoms with van der Waals surface area (Å²) < 4.78 is 7.75. The Hall–Kier alpha value is -3.98. The molecule has 2 aromatic heterocycles. The highest BCUT2D eigenvalue weighted by Crippen LogP contribution is 2.34. The Balaban J connectivity index is 1.49. The molecule has 0 saturated carbocycles. The molecule has 1 amide bonds. The van der Waals surface area contributed by atoms with E-state index >= 15 is 0 Å². The summed E-state index contributed by atoms with van der Waals surface area (Å²) >= 11 is 0. The molecular weight excluding hydrogens is 432 g/mol. The third-order valence-corrected chi connectivity index (χ3v) is 6.04. The number of piperidine rings is 1. The summed E-state index contributed by atoms with van der Waals surface area (Å²) in [6.07, 6.45) is 2.05. The lowest BCUT2D eigenvalue weighted by atomic mass is 10.1. The summed E-state index contributed by atoms with van der Waals surface area (Å²) in [7, 11) is 0. The van der Waals surface area contributed by atoms with Crippen molar-refractivity contribution in [1.29, 1.82) is 0 Å². The van der Waals surface area contributed by atoms with Gasteiger partial charge in [-0.1, -0.05) is 18.2 Å². The molecule has 34 heavy (non-hydrogen) atoms. The molecular formula is C25H26N6O3. The van der Waals surface area contributed by atoms with Gasteiger partial charge in [0, 0.05) is 18.7 Å². The van der Waals surface area contributed by atoms with E-state index in [1.165, 1.54) is 13.3 Å². The summed E-state index contributed by atoms with van der Waals surface area (Å²) in [5, 5.41) is 15.3. The van der Waals surface area contributed by atoms with Gasteiger partial charge in [0.1, 0.15) is 35.4 Å². The highest BCUT2D eigenvalue weighted by Gasteiger charge is 2.30. The molecule has 1 fully saturated rings. The second-order valence-electron chi connectivity index (χ2n) is 8.45. The van der Waals surface area contributed by atoms with Crippen LogP contribution in [0.5, 0.6) is 11.5 Å². The van der Waals surface area contributed by atoms with E-state index in [2.05, 4.69) is 9.97 Å². The third-order valence-electron chi connectivity index (χ3n) is 6.04. The van der Waals surface area contributed by atoms with E-state index in [9.17, 15) is 9.90 Å². The van der Waals surface area contributed by atoms with Gasteiger partial charge in [-0.3, -0.25) is 4.79 Å². The van der Waals surface area contributed by atoms with Crippen LogP contribution in [0.3, 0.4) is 0 Å². The van der Waals surface area contributed by atoms with E-state index < -0.39 is 6.10 Å². The quantitative estimate of drug-likeness (QED) is 0.470. The lowest BCUT2D eigenvalue weighted by Crippen LogP contribution is -2.44. The smallest absolute Gasteiger partial charge is 0.251 e. The Kier molecular flexibility index (Phi) is 5.85. The number of hydrogen-bond donors (Lipinski definition) is 2. The van der Waals surface area contributed by atoms with Crippen LogP contribution in [0.2, 0.25) is 0 Å². The normalized spacial score (nSPS) is 17.0. The fourth-order valence-electron chi connectivity index (χ4n) is 4.38. The monoisotopic (exact) mass is 458 g/mol. The van der Waals surface area contributed by atoms with Gasteiger partial charge >= 0.3 is 0 Å². The maximum atomic E-state index is 12.4. The van der Waals surface area contributed by atoms with Gasteiger partial charge in [-0.15, -0.1) is 0 Å². The minimum atomic E-state index is -1.03. The number of anilines is 1. The van der Waals surface area contributed by atoms with Gasteiger partial charge in [0.15, 0.2) is 5.65 Å². The van der Waals surface area contributed by atoms with Crippen molar-refractivity contribution in [2.45, 2.75) is 31.9 Å². The predicted molar refractivity (Wildman–Crippen MR) is 128 cm³/mol. The van der Waals surface area contributed by atoms with Gasteiger partial charge < -0.3 is 20.5 Å². The molecule has 0 bridgehead atoms. The fourth-order valence-corrected chi connectivity index (χ4v) is 4.38. The van der Waals surface area contributed by atoms with Crippen LogP contribution in [0.15, 0.2) is 60.9 Å². The van der Waals surface area contributed by atoms with Crippen LogP contribution in [0.4, 0.5) is 5.82 Å². The Bertz CT molecular complexity index is 1300. The molecule has 9 nitrogen and oxygen atoms in total. The number of hydrogen-bond acceptors (Lipinski definition) is 7. The lowest BCUT2D eigenvalue weighted by Gasteiger charge is -2.33. The highest BCUT2D eigenvalue weighted by molar-refractivity contribution is 5.98. The van der Waals surface area contributed by atoms with Crippen LogP contribution in [0.1, 0.15) is 25.8 Å². The molecule has 1 aliphatic heterocycles. The molecule has 3 N–H and O–H groups in total. The average Bonchev–Trinajstić information content (AvgIpc) is 3.26. The number of nitrogens with zero attached hydrogens (tertiary/aromatic N) is 5. The van der Waals surface area contributed by atoms with E-state index in [0.29, 0.717) is 41.4 Å². The molecule has 2 atom stereocenters. The van der Waals surface area contributed by atoms with Crippen LogP contribution in [-0.4, -0.2) is 54.9 Å². The Morgan fingerprint density at radius 3 is 2.59 bits per heavy atom. The highest BCUT2D eigenvalue weighted by atomic mass is 16.5. The van der Waals surface area contributed by atoms with E-state index in [4.69, 9.17) is 15.6 Å². The summed E-state index contributed by atoms with van der Waals surface area (Å²) in [6.45, 7) is 2.56. The number of nitrogens with two attached hydrogens (primary N) is 1. The van der Waals surface area contributed by atoms with E-state index in [1.807, 2.05) is 59.3 Å². The van der Waals surface area contributed by atoms with Gasteiger partial charge in [0.25, 0.3) is 5.91 Å². The van der Waals surface area contributed by atoms with Crippen molar-refractivity contribution in [3.05, 3.63) is 60.9 Å². The van der Waals surface area contributed by atoms with Crippen molar-refractivity contribution in [3.8, 4) is 22.8 Å². The number of likely N-dealkylation sites (tertiary alicyclic amines) is 1. The number of aliphatic hydroxyl groups is 1. The molecule has 174 valence electrons. The first-order chi connectivity index (χ1) is 16.5. The van der Waals surface area contributed by atoms with Crippen molar-refractivity contribution in [2.75, 3.05) is 18.8 Å². The second-order valence-corrected chi connectivity index (χ2v) is 8.45. The largest absolute Gasteiger partial charge is 0.457 e. The molecule has 3 heterocycles. The zero-order valence-corrected chi connectivity index (χ0v) is 18.8. The number of ether oxygens (including phenoxy) is 1. The molecule has 0 aliphatic carbocycles. The zero-order chi connectivity index (χ0) is 23.7. The molecule has 1 saturated heterocycles. The Morgan fingerprint density at radius 2 is 1.85 bits per heavy atom. The molecule has 4 aromatic rings. The van der Waals surface area contributed by atoms with Crippen LogP contribution in [0.25, 0.3) is 22.3 Å². The number of amides is 1. The number of carbonyl (C=O) groups excluding carboxylic acids is 1. The topological polar surface area (TPSA) is 119 Å². The first kappa shape index (κ1) is 21.8. The lowest BCUT2D eigenvalue weighted by molar-refractivity contribution is -0.141. The third kappa shape index (κ3) is 4.17. The standard InChI is InChI=1S/C25H26N6O3/c1-16(32)25(33)30-13-5-6-18(14-30)31-24-21(23(26)27-15-28-24)22(29-31)17-9-11-20(12-10-17)34-19-7-3-2-4-8-19/h2-4,7-12,15-16,18,32H,5-6,13-14H2,1H3,(H2,26,27,28)/t16?,18-/m1/s1. The van der Waals surface area contributed by atoms with Gasteiger partial charge in [-0.25, -0.2) is 14.6 Å². The van der Waals surface area contributed by atoms with Gasteiger partial charge in [-0.2, -0.15) is 5.10 Å². The fraction of sp³-hybridized carbons (Fsp3) is 0.280. The molecule has 0 spiro atoms. The molecule has 0 radical (unpaired) electrons. The first-order valence-corrected chi connectivity index (χ1v) is 11.3. The van der Waals surface area contributed by atoms with Crippen LogP contribution < -0.4 is 10.5 Å². The van der Waals surface area contributed by atoms with E-state index in [-0.39, 0.29) is 11.9 Å². The average molecular weight is 459 g/mol. The van der Waals surface area contributed by atoms with Gasteiger partial charge in [0.2, 0.25) is 0 Å². The second kappa shape index (κ2) is 9.11. The van der Waals surface area contributed by atoms with Crippen molar-refractivity contribution < 1.29 is 14.6 Å². The van der Waals surface area contributed by atoms with Crippen molar-refractivity contribution >= 4 is 22.8 Å². The summed E-state index contributed by atoms with van der Waals surface area (Å²) in [5.41, 5.74) is 8.42. The maximum Gasteiger partial charge on any atom is 0.251 e. The van der Waals surface area contributed by atoms with Crippen LogP contribution >= 0.6 is 0 Å². The molecule has 5 rings (SSSR count). The summed E-state index contributed by atoms with van der Waals surface area (Å²) in [4.78, 5) is 22.7. The number of fused-ring (bicyclic) bond motifs is 1. The minimum Gasteiger partial charge on any atom is -0.457 e. The SMILES string of the molecule is CC(O)C(=O)N1CCC[C@@H](n2nc(-c3ccc(Oc4ccccc4)cc3)c3c(N)ncnc32)C1. The number of rotatable bonds is 5. The number of aromatic nitrogens is 4. The van der Waals surface area contributed by atoms with Crippen molar-refractivity contribution in [2.24, 2.45) is 0 Å². The minimum absolute atomic E-state index is 0.0808. The predicted octanol–water partition coefficient (Wildman–Crippen LogP) is 3.41. The molecule has 1 aliphatic rings. The van der Waals surface area contributed by atoms with Gasteiger partial charge in [-0.05, 0) is 56.2 Å². The number of carbonyl (C=O) groups is 1. The van der Waals surface area contributed by atoms with E-state index in [1.54, 1.807) is 4.90 Å². The summed E-state index contributed by atoms with van der Waals surface area (Å²) in [6, 6.07) is 17.1. The number of aliphatic hydroxyl groups excluding tert-OH is 1. The number of benzene rings is 2. The number of para-hydroxylation sites is 1. The van der Waals surface area contributed by atoms with Crippen molar-refractivity contribution in [1.82, 2.24) is 24.6 Å². The number of nitrogen functional groups attached to an aromatic ring is 1. The molecule has 2 aromatic carbocycles. The van der Waals surface area contributed by atoms with E-state index in [0.717, 1.165) is 24.2 Å². The van der Waals surface area contributed by atoms with Crippen molar-refractivity contribution in [3.63, 3.8) is 0 Å². The zero-order valence-electron chi connectivity index (χ0n) is 18.8. The van der Waals surface area contributed by atoms with Gasteiger partial charge in [0.05, 0.1) is 11.4 Å². The Morgan fingerprint density at radius 1 is 1.12 bits per heavy atom. The molecule has 1 unspecified atom stereocenters.